The van der Waals surface area contributed by atoms with Gasteiger partial charge in [-0.2, -0.15) is 0 Å². The minimum absolute atomic E-state index is 0.228. The number of ether oxygens (including phenoxy) is 1. The highest BCUT2D eigenvalue weighted by atomic mass is 31.1. The normalized spacial score (nSPS) is 12.8. The molecule has 3 nitrogen and oxygen atoms in total. The van der Waals surface area contributed by atoms with Crippen molar-refractivity contribution in [3.63, 3.8) is 0 Å². The van der Waals surface area contributed by atoms with Crippen molar-refractivity contribution in [1.29, 1.82) is 0 Å². The van der Waals surface area contributed by atoms with Gasteiger partial charge in [-0.15, -0.1) is 8.58 Å². The van der Waals surface area contributed by atoms with Crippen molar-refractivity contribution in [2.24, 2.45) is 0 Å². The van der Waals surface area contributed by atoms with Gasteiger partial charge < -0.3 is 9.22 Å². The Labute approximate surface area is 94.9 Å². The van der Waals surface area contributed by atoms with E-state index in [9.17, 15) is 4.79 Å². The van der Waals surface area contributed by atoms with E-state index >= 15 is 0 Å². The standard InChI is InChI=1S/C11H23NO2P/c1-5-6-11(13)14-8-10-15-9-7-12(2,3)4/h5-6,15H,7-10H2,1-4H3/q+1. The van der Waals surface area contributed by atoms with Crippen LogP contribution in [0.15, 0.2) is 12.2 Å². The van der Waals surface area contributed by atoms with Crippen molar-refractivity contribution in [2.75, 3.05) is 46.6 Å². The average Bonchev–Trinajstić information content (AvgIpc) is 2.09. The number of hydrogen-bond donors (Lipinski definition) is 0. The number of carbonyl (C=O) groups is 1. The van der Waals surface area contributed by atoms with Crippen LogP contribution in [-0.2, 0) is 9.53 Å². The van der Waals surface area contributed by atoms with Crippen LogP contribution in [0.2, 0.25) is 0 Å². The second-order valence-electron chi connectivity index (χ2n) is 4.43. The number of esters is 1. The van der Waals surface area contributed by atoms with Gasteiger partial charge in [-0.05, 0) is 13.1 Å². The zero-order valence-electron chi connectivity index (χ0n) is 10.2. The van der Waals surface area contributed by atoms with Gasteiger partial charge in [0.2, 0.25) is 0 Å². The highest BCUT2D eigenvalue weighted by Gasteiger charge is 2.05. The van der Waals surface area contributed by atoms with E-state index < -0.39 is 0 Å². The Morgan fingerprint density at radius 2 is 2.00 bits per heavy atom. The van der Waals surface area contributed by atoms with Crippen LogP contribution in [0.5, 0.6) is 0 Å². The lowest BCUT2D eigenvalue weighted by Gasteiger charge is -2.23. The van der Waals surface area contributed by atoms with Crippen LogP contribution in [-0.4, -0.2) is 57.1 Å². The smallest absolute Gasteiger partial charge is 0.330 e. The van der Waals surface area contributed by atoms with Gasteiger partial charge in [0, 0.05) is 12.2 Å². The maximum atomic E-state index is 10.9. The molecule has 0 heterocycles. The van der Waals surface area contributed by atoms with E-state index in [1.165, 1.54) is 18.8 Å². The molecule has 0 saturated carbocycles. The molecule has 0 bridgehead atoms. The van der Waals surface area contributed by atoms with Crippen LogP contribution in [0.3, 0.4) is 0 Å². The van der Waals surface area contributed by atoms with Crippen molar-refractivity contribution >= 4 is 14.6 Å². The molecule has 0 amide bonds. The van der Waals surface area contributed by atoms with Gasteiger partial charge in [0.15, 0.2) is 0 Å². The Morgan fingerprint density at radius 3 is 2.53 bits per heavy atom. The fourth-order valence-electron chi connectivity index (χ4n) is 0.947. The Kier molecular flexibility index (Phi) is 7.63. The molecule has 0 spiro atoms. The Morgan fingerprint density at radius 1 is 1.33 bits per heavy atom. The number of quaternary nitrogens is 1. The molecule has 0 fully saturated rings. The lowest BCUT2D eigenvalue weighted by atomic mass is 10.5. The summed E-state index contributed by atoms with van der Waals surface area (Å²) in [5.74, 6) is -0.228. The molecule has 0 rings (SSSR count). The first-order valence-corrected chi connectivity index (χ1v) is 6.68. The summed E-state index contributed by atoms with van der Waals surface area (Å²) in [6, 6.07) is 0. The van der Waals surface area contributed by atoms with E-state index in [4.69, 9.17) is 4.74 Å². The first-order chi connectivity index (χ1) is 6.95. The lowest BCUT2D eigenvalue weighted by molar-refractivity contribution is -0.867. The fourth-order valence-corrected chi connectivity index (χ4v) is 2.27. The molecule has 0 aliphatic heterocycles. The summed E-state index contributed by atoms with van der Waals surface area (Å²) < 4.78 is 6.00. The molecule has 0 aromatic rings. The molecule has 15 heavy (non-hydrogen) atoms. The van der Waals surface area contributed by atoms with E-state index in [-0.39, 0.29) is 5.97 Å². The predicted molar refractivity (Wildman–Crippen MR) is 66.7 cm³/mol. The third-order valence-electron chi connectivity index (χ3n) is 1.79. The Balaban J connectivity index is 3.29. The van der Waals surface area contributed by atoms with Crippen molar-refractivity contribution in [2.45, 2.75) is 6.92 Å². The van der Waals surface area contributed by atoms with Gasteiger partial charge in [0.05, 0.1) is 34.3 Å². The molecule has 4 heteroatoms. The van der Waals surface area contributed by atoms with Crippen LogP contribution >= 0.6 is 8.58 Å². The number of rotatable bonds is 7. The molecule has 88 valence electrons. The van der Waals surface area contributed by atoms with Crippen molar-refractivity contribution in [3.8, 4) is 0 Å². The van der Waals surface area contributed by atoms with Gasteiger partial charge in [0.1, 0.15) is 0 Å². The maximum absolute atomic E-state index is 10.9. The largest absolute Gasteiger partial charge is 0.462 e. The fraction of sp³-hybridized carbons (Fsp3) is 0.727. The topological polar surface area (TPSA) is 26.3 Å². The first-order valence-electron chi connectivity index (χ1n) is 5.26. The maximum Gasteiger partial charge on any atom is 0.330 e. The van der Waals surface area contributed by atoms with E-state index in [0.717, 1.165) is 19.2 Å². The third kappa shape index (κ3) is 11.5. The highest BCUT2D eigenvalue weighted by molar-refractivity contribution is 7.38. The summed E-state index contributed by atoms with van der Waals surface area (Å²) in [5.41, 5.74) is 0. The highest BCUT2D eigenvalue weighted by Crippen LogP contribution is 2.10. The molecule has 0 saturated heterocycles. The molecule has 1 unspecified atom stereocenters. The molecule has 0 aliphatic carbocycles. The van der Waals surface area contributed by atoms with Crippen molar-refractivity contribution < 1.29 is 14.0 Å². The summed E-state index contributed by atoms with van der Waals surface area (Å²) in [6.45, 7) is 3.55. The lowest BCUT2D eigenvalue weighted by Crippen LogP contribution is -2.36. The zero-order valence-corrected chi connectivity index (χ0v) is 11.2. The zero-order chi connectivity index (χ0) is 11.7. The second-order valence-corrected chi connectivity index (χ2v) is 5.93. The van der Waals surface area contributed by atoms with E-state index in [2.05, 4.69) is 21.1 Å². The summed E-state index contributed by atoms with van der Waals surface area (Å²) in [5, 5.41) is 0. The molecule has 0 radical (unpaired) electrons. The van der Waals surface area contributed by atoms with Crippen LogP contribution in [0.1, 0.15) is 6.92 Å². The molecular formula is C11H23NO2P+. The monoisotopic (exact) mass is 232 g/mol. The van der Waals surface area contributed by atoms with Gasteiger partial charge in [-0.25, -0.2) is 4.79 Å². The van der Waals surface area contributed by atoms with Crippen LogP contribution in [0.25, 0.3) is 0 Å². The summed E-state index contributed by atoms with van der Waals surface area (Å²) in [6.07, 6.45) is 5.35. The Bertz CT molecular complexity index is 209. The van der Waals surface area contributed by atoms with Crippen molar-refractivity contribution in [1.82, 2.24) is 0 Å². The number of hydrogen-bond acceptors (Lipinski definition) is 2. The van der Waals surface area contributed by atoms with E-state index in [1.807, 2.05) is 6.92 Å². The van der Waals surface area contributed by atoms with Crippen molar-refractivity contribution in [3.05, 3.63) is 12.2 Å². The molecular weight excluding hydrogens is 209 g/mol. The molecule has 0 aliphatic rings. The molecule has 0 aromatic carbocycles. The van der Waals surface area contributed by atoms with E-state index in [0.29, 0.717) is 6.61 Å². The predicted octanol–water partition coefficient (Wildman–Crippen LogP) is 1.49. The molecule has 0 aromatic heterocycles. The quantitative estimate of drug-likeness (QED) is 0.218. The van der Waals surface area contributed by atoms with Gasteiger partial charge >= 0.3 is 5.97 Å². The Hall–Kier alpha value is -0.400. The molecule has 1 atom stereocenters. The number of nitrogens with zero attached hydrogens (tertiary/aromatic N) is 1. The van der Waals surface area contributed by atoms with Gasteiger partial charge in [-0.3, -0.25) is 0 Å². The average molecular weight is 232 g/mol. The van der Waals surface area contributed by atoms with Gasteiger partial charge in [0.25, 0.3) is 0 Å². The van der Waals surface area contributed by atoms with Crippen LogP contribution in [0.4, 0.5) is 0 Å². The van der Waals surface area contributed by atoms with E-state index in [1.54, 1.807) is 6.08 Å². The number of carbonyl (C=O) groups excluding carboxylic acids is 1. The summed E-state index contributed by atoms with van der Waals surface area (Å²) in [4.78, 5) is 10.9. The van der Waals surface area contributed by atoms with Crippen LogP contribution in [0, 0.1) is 0 Å². The number of allylic oxidation sites excluding steroid dienone is 1. The van der Waals surface area contributed by atoms with Gasteiger partial charge in [-0.1, -0.05) is 6.08 Å². The third-order valence-corrected chi connectivity index (χ3v) is 2.92. The minimum Gasteiger partial charge on any atom is -0.462 e. The minimum atomic E-state index is -0.228. The van der Waals surface area contributed by atoms with Crippen LogP contribution < -0.4 is 0 Å². The summed E-state index contributed by atoms with van der Waals surface area (Å²) in [7, 11) is 7.46. The first kappa shape index (κ1) is 14.6. The SMILES string of the molecule is CC=CC(=O)OCCPCC[N+](C)(C)C. The second kappa shape index (κ2) is 7.84. The summed E-state index contributed by atoms with van der Waals surface area (Å²) >= 11 is 0. The molecule has 0 N–H and O–H groups in total.